The van der Waals surface area contributed by atoms with Crippen molar-refractivity contribution in [3.05, 3.63) is 0 Å². The van der Waals surface area contributed by atoms with Gasteiger partial charge in [-0.05, 0) is 40.5 Å². The van der Waals surface area contributed by atoms with Gasteiger partial charge in [-0.2, -0.15) is 0 Å². The van der Waals surface area contributed by atoms with Crippen LogP contribution in [-0.2, 0) is 0 Å². The summed E-state index contributed by atoms with van der Waals surface area (Å²) in [5.41, 5.74) is 0. The second kappa shape index (κ2) is 20.3. The predicted molar refractivity (Wildman–Crippen MR) is 147 cm³/mol. The molecule has 0 aliphatic heterocycles. The Morgan fingerprint density at radius 3 is 0.867 bits per heavy atom. The first kappa shape index (κ1) is 30.7. The Kier molecular flexibility index (Phi) is 20.8. The van der Waals surface area contributed by atoms with Crippen LogP contribution in [0.25, 0.3) is 0 Å². The summed E-state index contributed by atoms with van der Waals surface area (Å²) < 4.78 is 0.836. The summed E-state index contributed by atoms with van der Waals surface area (Å²) in [6, 6.07) is 0. The van der Waals surface area contributed by atoms with Gasteiger partial charge in [-0.25, -0.2) is 0 Å². The first-order valence-electron chi connectivity index (χ1n) is 13.7. The summed E-state index contributed by atoms with van der Waals surface area (Å²) in [6.45, 7) is 14.5. The van der Waals surface area contributed by atoms with Crippen LogP contribution < -0.4 is 0 Å². The molecular weight excluding hydrogens is 400 g/mol. The van der Waals surface area contributed by atoms with Gasteiger partial charge in [-0.15, -0.1) is 0 Å². The highest BCUT2D eigenvalue weighted by molar-refractivity contribution is 8.77. The fraction of sp³-hybridized carbons (Fsp3) is 1.00. The molecule has 2 heteroatoms. The van der Waals surface area contributed by atoms with Crippen molar-refractivity contribution in [1.82, 2.24) is 0 Å². The number of rotatable bonds is 23. The second-order valence-corrected chi connectivity index (χ2v) is 14.4. The summed E-state index contributed by atoms with van der Waals surface area (Å²) in [6.07, 6.45) is 28.6. The van der Waals surface area contributed by atoms with Gasteiger partial charge in [-0.1, -0.05) is 151 Å². The minimum atomic E-state index is 0.418. The van der Waals surface area contributed by atoms with Crippen molar-refractivity contribution >= 4 is 21.6 Å². The molecule has 0 unspecified atom stereocenters. The Balaban J connectivity index is 3.66. The Labute approximate surface area is 200 Å². The maximum Gasteiger partial charge on any atom is 0.0207 e. The van der Waals surface area contributed by atoms with Crippen molar-refractivity contribution in [3.8, 4) is 0 Å². The number of hydrogen-bond donors (Lipinski definition) is 0. The van der Waals surface area contributed by atoms with Gasteiger partial charge in [0.1, 0.15) is 0 Å². The van der Waals surface area contributed by atoms with E-state index >= 15 is 0 Å². The van der Waals surface area contributed by atoms with Crippen LogP contribution in [0.3, 0.4) is 0 Å². The van der Waals surface area contributed by atoms with Gasteiger partial charge in [0.05, 0.1) is 0 Å². The molecule has 0 nitrogen and oxygen atoms in total. The highest BCUT2D eigenvalue weighted by Gasteiger charge is 2.25. The van der Waals surface area contributed by atoms with E-state index in [0.29, 0.717) is 9.49 Å². The highest BCUT2D eigenvalue weighted by atomic mass is 33.1. The quantitative estimate of drug-likeness (QED) is 0.110. The lowest BCUT2D eigenvalue weighted by atomic mass is 10.0. The molecule has 0 amide bonds. The first-order chi connectivity index (χ1) is 14.3. The normalized spacial score (nSPS) is 12.6. The molecule has 0 aliphatic rings. The molecule has 0 atom stereocenters. The van der Waals surface area contributed by atoms with Crippen molar-refractivity contribution in [1.29, 1.82) is 0 Å². The lowest BCUT2D eigenvalue weighted by molar-refractivity contribution is 0.527. The molecule has 0 fully saturated rings. The van der Waals surface area contributed by atoms with Gasteiger partial charge in [0.25, 0.3) is 0 Å². The highest BCUT2D eigenvalue weighted by Crippen LogP contribution is 2.47. The monoisotopic (exact) mass is 458 g/mol. The van der Waals surface area contributed by atoms with E-state index in [1.54, 1.807) is 0 Å². The average molecular weight is 459 g/mol. The molecule has 0 aromatic heterocycles. The molecule has 0 radical (unpaired) electrons. The van der Waals surface area contributed by atoms with Gasteiger partial charge in [0, 0.05) is 9.49 Å². The van der Waals surface area contributed by atoms with Gasteiger partial charge >= 0.3 is 0 Å². The van der Waals surface area contributed by atoms with E-state index in [4.69, 9.17) is 0 Å². The average Bonchev–Trinajstić information content (AvgIpc) is 2.70. The van der Waals surface area contributed by atoms with Crippen molar-refractivity contribution < 1.29 is 0 Å². The first-order valence-corrected chi connectivity index (χ1v) is 15.8. The molecule has 0 spiro atoms. The molecule has 0 saturated heterocycles. The molecule has 0 N–H and O–H groups in total. The van der Waals surface area contributed by atoms with E-state index in [2.05, 4.69) is 63.1 Å². The van der Waals surface area contributed by atoms with E-state index in [1.807, 2.05) is 0 Å². The van der Waals surface area contributed by atoms with E-state index < -0.39 is 0 Å². The fourth-order valence-electron chi connectivity index (χ4n) is 4.03. The smallest absolute Gasteiger partial charge is 0.0207 e. The molecular formula is C28H58S2. The molecule has 0 aromatic rings. The summed E-state index contributed by atoms with van der Waals surface area (Å²) >= 11 is 0. The third-order valence-corrected chi connectivity index (χ3v) is 10.6. The zero-order valence-electron chi connectivity index (χ0n) is 22.0. The lowest BCUT2D eigenvalue weighted by Gasteiger charge is -2.30. The van der Waals surface area contributed by atoms with Crippen LogP contribution in [0.4, 0.5) is 0 Å². The van der Waals surface area contributed by atoms with Gasteiger partial charge in [-0.3, -0.25) is 0 Å². The zero-order valence-corrected chi connectivity index (χ0v) is 23.6. The Hall–Kier alpha value is 0.700. The fourth-order valence-corrected chi connectivity index (χ4v) is 6.79. The minimum Gasteiger partial charge on any atom is -0.0873 e. The largest absolute Gasteiger partial charge is 0.0873 e. The predicted octanol–water partition coefficient (Wildman–Crippen LogP) is 11.8. The van der Waals surface area contributed by atoms with Gasteiger partial charge < -0.3 is 0 Å². The number of unbranched alkanes of at least 4 members (excludes halogenated alkanes) is 16. The van der Waals surface area contributed by atoms with E-state index in [0.717, 1.165) is 0 Å². The van der Waals surface area contributed by atoms with Crippen LogP contribution in [0.15, 0.2) is 0 Å². The topological polar surface area (TPSA) is 0 Å². The zero-order chi connectivity index (χ0) is 22.6. The Morgan fingerprint density at radius 2 is 0.600 bits per heavy atom. The summed E-state index contributed by atoms with van der Waals surface area (Å²) in [7, 11) is 4.32. The van der Waals surface area contributed by atoms with Crippen molar-refractivity contribution in [2.24, 2.45) is 0 Å². The molecule has 0 saturated carbocycles. The molecule has 30 heavy (non-hydrogen) atoms. The SMILES string of the molecule is CCCCCCCCCCCC(C)(C)SSC(C)(C)CCCCCCCCCCC. The van der Waals surface area contributed by atoms with Crippen LogP contribution in [0.1, 0.15) is 170 Å². The summed E-state index contributed by atoms with van der Waals surface area (Å²) in [4.78, 5) is 0. The van der Waals surface area contributed by atoms with E-state index in [-0.39, 0.29) is 0 Å². The van der Waals surface area contributed by atoms with E-state index in [1.165, 1.54) is 128 Å². The molecule has 182 valence electrons. The van der Waals surface area contributed by atoms with Crippen molar-refractivity contribution in [3.63, 3.8) is 0 Å². The molecule has 0 bridgehead atoms. The van der Waals surface area contributed by atoms with Crippen LogP contribution in [0, 0.1) is 0 Å². The second-order valence-electron chi connectivity index (χ2n) is 10.8. The van der Waals surface area contributed by atoms with Crippen molar-refractivity contribution in [2.45, 2.75) is 179 Å². The summed E-state index contributed by atoms with van der Waals surface area (Å²) in [5, 5.41) is 0. The third kappa shape index (κ3) is 21.9. The molecule has 0 aliphatic carbocycles. The van der Waals surface area contributed by atoms with Crippen LogP contribution in [0.2, 0.25) is 0 Å². The molecule has 0 aromatic carbocycles. The van der Waals surface area contributed by atoms with Gasteiger partial charge in [0.2, 0.25) is 0 Å². The molecule has 0 heterocycles. The Bertz CT molecular complexity index is 315. The Morgan fingerprint density at radius 1 is 0.367 bits per heavy atom. The lowest BCUT2D eigenvalue weighted by Crippen LogP contribution is -2.18. The summed E-state index contributed by atoms with van der Waals surface area (Å²) in [5.74, 6) is 0. The van der Waals surface area contributed by atoms with Crippen LogP contribution in [-0.4, -0.2) is 9.49 Å². The standard InChI is InChI=1S/C28H58S2/c1-7-9-11-13-15-17-19-21-23-25-27(3,4)29-30-28(5,6)26-24-22-20-18-16-14-12-10-8-2/h7-26H2,1-6H3. The third-order valence-electron chi connectivity index (χ3n) is 6.26. The maximum absolute atomic E-state index is 2.46. The van der Waals surface area contributed by atoms with Crippen LogP contribution >= 0.6 is 21.6 Å². The molecule has 0 rings (SSSR count). The maximum atomic E-state index is 2.46. The van der Waals surface area contributed by atoms with E-state index in [9.17, 15) is 0 Å². The van der Waals surface area contributed by atoms with Crippen molar-refractivity contribution in [2.75, 3.05) is 0 Å². The number of hydrogen-bond acceptors (Lipinski definition) is 2. The van der Waals surface area contributed by atoms with Gasteiger partial charge in [0.15, 0.2) is 0 Å². The minimum absolute atomic E-state index is 0.418. The van der Waals surface area contributed by atoms with Crippen LogP contribution in [0.5, 0.6) is 0 Å².